The van der Waals surface area contributed by atoms with Gasteiger partial charge in [-0.15, -0.1) is 0 Å². The summed E-state index contributed by atoms with van der Waals surface area (Å²) in [5, 5.41) is 27.4. The number of aliphatic hydroxyl groups excluding tert-OH is 1. The quantitative estimate of drug-likeness (QED) is 0.0493. The Morgan fingerprint density at radius 1 is 1.03 bits per heavy atom. The number of rotatable bonds is 15. The van der Waals surface area contributed by atoms with Crippen molar-refractivity contribution in [2.75, 3.05) is 12.3 Å². The number of thiol groups is 1. The maximum absolute atomic E-state index is 13.5. The molecule has 5 atom stereocenters. The second kappa shape index (κ2) is 14.9. The molecule has 15 heteroatoms. The van der Waals surface area contributed by atoms with Gasteiger partial charge in [0.15, 0.2) is 5.96 Å². The first kappa shape index (κ1) is 31.4. The number of nitrogens with zero attached hydrogens (tertiary/aromatic N) is 1. The van der Waals surface area contributed by atoms with Crippen molar-refractivity contribution < 1.29 is 29.4 Å². The number of carboxylic acids is 1. The van der Waals surface area contributed by atoms with E-state index < -0.39 is 54.0 Å². The molecular formula is C24H36N8O6S. The summed E-state index contributed by atoms with van der Waals surface area (Å²) in [5.74, 6) is -3.84. The number of H-pyrrole nitrogens is 1. The van der Waals surface area contributed by atoms with E-state index in [1.165, 1.54) is 6.92 Å². The maximum Gasteiger partial charge on any atom is 0.327 e. The van der Waals surface area contributed by atoms with Gasteiger partial charge in [-0.1, -0.05) is 18.2 Å². The van der Waals surface area contributed by atoms with E-state index in [0.717, 1.165) is 10.9 Å². The number of aliphatic hydroxyl groups is 1. The van der Waals surface area contributed by atoms with E-state index in [9.17, 15) is 29.4 Å². The van der Waals surface area contributed by atoms with Crippen LogP contribution in [0, 0.1) is 0 Å². The van der Waals surface area contributed by atoms with E-state index in [1.54, 1.807) is 6.20 Å². The maximum atomic E-state index is 13.5. The molecule has 0 saturated carbocycles. The second-order valence-electron chi connectivity index (χ2n) is 8.98. The Kier molecular flexibility index (Phi) is 12.0. The van der Waals surface area contributed by atoms with Crippen LogP contribution in [0.2, 0.25) is 0 Å². The molecule has 2 rings (SSSR count). The molecule has 12 N–H and O–H groups in total. The number of nitrogens with two attached hydrogens (primary N) is 3. The van der Waals surface area contributed by atoms with Crippen LogP contribution in [0.4, 0.5) is 0 Å². The van der Waals surface area contributed by atoms with Crippen molar-refractivity contribution in [3.05, 3.63) is 36.0 Å². The summed E-state index contributed by atoms with van der Waals surface area (Å²) in [6, 6.07) is 2.43. The van der Waals surface area contributed by atoms with E-state index in [1.807, 2.05) is 24.3 Å². The van der Waals surface area contributed by atoms with Crippen LogP contribution in [0.25, 0.3) is 10.9 Å². The monoisotopic (exact) mass is 564 g/mol. The van der Waals surface area contributed by atoms with Crippen LogP contribution in [0.15, 0.2) is 35.5 Å². The number of aliphatic carboxylic acids is 1. The number of hydrogen-bond acceptors (Lipinski definition) is 8. The fourth-order valence-corrected chi connectivity index (χ4v) is 3.97. The van der Waals surface area contributed by atoms with Gasteiger partial charge in [0.25, 0.3) is 0 Å². The number of aromatic nitrogens is 1. The summed E-state index contributed by atoms with van der Waals surface area (Å²) in [7, 11) is 0. The third-order valence-electron chi connectivity index (χ3n) is 5.93. The van der Waals surface area contributed by atoms with Gasteiger partial charge in [0.05, 0.1) is 6.10 Å². The van der Waals surface area contributed by atoms with Gasteiger partial charge in [-0.05, 0) is 31.4 Å². The number of para-hydroxylation sites is 1. The molecule has 0 aliphatic rings. The van der Waals surface area contributed by atoms with Crippen molar-refractivity contribution in [1.29, 1.82) is 0 Å². The van der Waals surface area contributed by atoms with E-state index in [0.29, 0.717) is 5.56 Å². The minimum atomic E-state index is -1.30. The van der Waals surface area contributed by atoms with Crippen LogP contribution in [-0.2, 0) is 25.6 Å². The highest BCUT2D eigenvalue weighted by atomic mass is 32.1. The van der Waals surface area contributed by atoms with Crippen molar-refractivity contribution in [1.82, 2.24) is 20.9 Å². The van der Waals surface area contributed by atoms with Gasteiger partial charge >= 0.3 is 5.97 Å². The second-order valence-corrected chi connectivity index (χ2v) is 9.35. The highest BCUT2D eigenvalue weighted by Crippen LogP contribution is 2.19. The number of fused-ring (bicyclic) bond motifs is 1. The molecule has 0 aliphatic heterocycles. The molecule has 214 valence electrons. The molecule has 1 aromatic heterocycles. The third kappa shape index (κ3) is 9.46. The Balaban J connectivity index is 2.30. The van der Waals surface area contributed by atoms with Gasteiger partial charge in [-0.2, -0.15) is 12.6 Å². The van der Waals surface area contributed by atoms with Crippen LogP contribution in [-0.4, -0.2) is 87.4 Å². The first-order chi connectivity index (χ1) is 18.4. The number of carbonyl (C=O) groups is 4. The predicted molar refractivity (Wildman–Crippen MR) is 149 cm³/mol. The van der Waals surface area contributed by atoms with Crippen LogP contribution >= 0.6 is 12.6 Å². The smallest absolute Gasteiger partial charge is 0.327 e. The molecular weight excluding hydrogens is 528 g/mol. The number of carbonyl (C=O) groups excluding carboxylic acids is 3. The number of nitrogens with one attached hydrogen (secondary N) is 4. The van der Waals surface area contributed by atoms with Gasteiger partial charge in [0.1, 0.15) is 24.2 Å². The molecule has 0 saturated heterocycles. The molecule has 14 nitrogen and oxygen atoms in total. The zero-order valence-corrected chi connectivity index (χ0v) is 22.4. The zero-order chi connectivity index (χ0) is 29.1. The van der Waals surface area contributed by atoms with Crippen molar-refractivity contribution >= 4 is 53.2 Å². The van der Waals surface area contributed by atoms with Crippen LogP contribution < -0.4 is 33.2 Å². The van der Waals surface area contributed by atoms with Gasteiger partial charge in [0.2, 0.25) is 17.7 Å². The van der Waals surface area contributed by atoms with E-state index in [-0.39, 0.29) is 37.5 Å². The van der Waals surface area contributed by atoms with Gasteiger partial charge in [0, 0.05) is 35.8 Å². The lowest BCUT2D eigenvalue weighted by Gasteiger charge is -2.25. The summed E-state index contributed by atoms with van der Waals surface area (Å²) in [6.45, 7) is 1.51. The van der Waals surface area contributed by atoms with Crippen molar-refractivity contribution in [2.45, 2.75) is 56.5 Å². The first-order valence-corrected chi connectivity index (χ1v) is 12.9. The SMILES string of the molecule is CC(O)C(N)C(=O)NC(Cc1c[nH]c2ccccc12)C(=O)NC(CCCN=C(N)N)C(=O)NC(CS)C(=O)O. The fourth-order valence-electron chi connectivity index (χ4n) is 3.72. The molecule has 0 bridgehead atoms. The highest BCUT2D eigenvalue weighted by Gasteiger charge is 2.31. The van der Waals surface area contributed by atoms with Crippen LogP contribution in [0.1, 0.15) is 25.3 Å². The average Bonchev–Trinajstić information content (AvgIpc) is 3.30. The van der Waals surface area contributed by atoms with Crippen LogP contribution in [0.3, 0.4) is 0 Å². The Bertz CT molecular complexity index is 1180. The summed E-state index contributed by atoms with van der Waals surface area (Å²) in [6.07, 6.45) is 0.903. The lowest BCUT2D eigenvalue weighted by molar-refractivity contribution is -0.141. The fraction of sp³-hybridized carbons (Fsp3) is 0.458. The number of guanidine groups is 1. The summed E-state index contributed by atoms with van der Waals surface area (Å²) >= 11 is 3.95. The lowest BCUT2D eigenvalue weighted by atomic mass is 10.0. The van der Waals surface area contributed by atoms with Crippen molar-refractivity contribution in [3.8, 4) is 0 Å². The number of aromatic amines is 1. The van der Waals surface area contributed by atoms with Gasteiger partial charge in [-0.3, -0.25) is 19.4 Å². The van der Waals surface area contributed by atoms with Gasteiger partial charge < -0.3 is 48.3 Å². The lowest BCUT2D eigenvalue weighted by Crippen LogP contribution is -2.58. The molecule has 1 heterocycles. The number of aliphatic imine (C=N–C) groups is 1. The van der Waals surface area contributed by atoms with Gasteiger partial charge in [-0.25, -0.2) is 4.79 Å². The van der Waals surface area contributed by atoms with Crippen molar-refractivity contribution in [3.63, 3.8) is 0 Å². The summed E-state index contributed by atoms with van der Waals surface area (Å²) < 4.78 is 0. The Labute approximate surface area is 230 Å². The largest absolute Gasteiger partial charge is 0.480 e. The number of hydrogen-bond donors (Lipinski definition) is 10. The van der Waals surface area contributed by atoms with E-state index in [2.05, 4.69) is 38.6 Å². The first-order valence-electron chi connectivity index (χ1n) is 12.2. The summed E-state index contributed by atoms with van der Waals surface area (Å²) in [4.78, 5) is 57.4. The van der Waals surface area contributed by atoms with E-state index >= 15 is 0 Å². The highest BCUT2D eigenvalue weighted by molar-refractivity contribution is 7.80. The molecule has 5 unspecified atom stereocenters. The van der Waals surface area contributed by atoms with E-state index in [4.69, 9.17) is 17.2 Å². The average molecular weight is 565 g/mol. The standard InChI is InChI=1S/C24H36N8O6S/c1-12(33)19(25)22(36)31-17(9-13-10-29-15-6-3-2-5-14(13)15)21(35)30-16(7-4-8-28-24(26)27)20(34)32-18(11-39)23(37)38/h2-3,5-6,10,12,16-19,29,33,39H,4,7-9,11,25H2,1H3,(H,30,35)(H,31,36)(H,32,34)(H,37,38)(H4,26,27,28). The van der Waals surface area contributed by atoms with Crippen LogP contribution in [0.5, 0.6) is 0 Å². The molecule has 39 heavy (non-hydrogen) atoms. The molecule has 1 aromatic carbocycles. The number of amides is 3. The molecule has 3 amide bonds. The number of benzene rings is 1. The molecule has 0 radical (unpaired) electrons. The van der Waals surface area contributed by atoms with Crippen molar-refractivity contribution in [2.24, 2.45) is 22.2 Å². The predicted octanol–water partition coefficient (Wildman–Crippen LogP) is -2.06. The molecule has 0 fully saturated rings. The normalized spacial score (nSPS) is 14.9. The Morgan fingerprint density at radius 3 is 2.26 bits per heavy atom. The Morgan fingerprint density at radius 2 is 1.64 bits per heavy atom. The minimum Gasteiger partial charge on any atom is -0.480 e. The molecule has 2 aromatic rings. The topological polar surface area (TPSA) is 251 Å². The zero-order valence-electron chi connectivity index (χ0n) is 21.5. The Hall–Kier alpha value is -3.82. The summed E-state index contributed by atoms with van der Waals surface area (Å²) in [5.41, 5.74) is 18.0. The third-order valence-corrected chi connectivity index (χ3v) is 6.29. The molecule has 0 aliphatic carbocycles. The minimum absolute atomic E-state index is 0.0326. The number of carboxylic acid groups (broad SMARTS) is 1. The molecule has 0 spiro atoms.